The van der Waals surface area contributed by atoms with Gasteiger partial charge in [-0.2, -0.15) is 0 Å². The quantitative estimate of drug-likeness (QED) is 0.756. The highest BCUT2D eigenvalue weighted by Crippen LogP contribution is 2.53. The lowest BCUT2D eigenvalue weighted by atomic mass is 9.56. The Bertz CT molecular complexity index is 722. The molecule has 2 saturated heterocycles. The van der Waals surface area contributed by atoms with E-state index in [9.17, 15) is 18.4 Å². The van der Waals surface area contributed by atoms with Gasteiger partial charge in [-0.05, 0) is 43.2 Å². The Kier molecular flexibility index (Phi) is 4.45. The van der Waals surface area contributed by atoms with Crippen LogP contribution in [0.1, 0.15) is 37.7 Å². The van der Waals surface area contributed by atoms with E-state index in [0.717, 1.165) is 32.0 Å². The average Bonchev–Trinajstić information content (AvgIpc) is 2.93. The molecule has 1 spiro atoms. The monoisotopic (exact) mass is 363 g/mol. The molecule has 2 aliphatic heterocycles. The van der Waals surface area contributed by atoms with E-state index in [1.807, 2.05) is 4.90 Å². The van der Waals surface area contributed by atoms with E-state index >= 15 is 0 Å². The SMILES string of the molecule is O=C1C[C@H](CCC(=O)N2CC3(CC(Cc4ccc(F)cc4F)C3)C2)CO1. The summed E-state index contributed by atoms with van der Waals surface area (Å²) in [5, 5.41) is 0. The fraction of sp³-hybridized carbons (Fsp3) is 0.600. The smallest absolute Gasteiger partial charge is 0.306 e. The highest BCUT2D eigenvalue weighted by molar-refractivity contribution is 5.77. The fourth-order valence-corrected chi connectivity index (χ4v) is 4.74. The van der Waals surface area contributed by atoms with Gasteiger partial charge >= 0.3 is 5.97 Å². The van der Waals surface area contributed by atoms with Crippen LogP contribution in [0.15, 0.2) is 18.2 Å². The van der Waals surface area contributed by atoms with E-state index in [-0.39, 0.29) is 23.2 Å². The van der Waals surface area contributed by atoms with E-state index < -0.39 is 11.6 Å². The Morgan fingerprint density at radius 2 is 2.00 bits per heavy atom. The van der Waals surface area contributed by atoms with Crippen molar-refractivity contribution in [1.29, 1.82) is 0 Å². The average molecular weight is 363 g/mol. The molecule has 1 atom stereocenters. The molecule has 3 aliphatic rings. The second-order valence-electron chi connectivity index (χ2n) is 8.26. The van der Waals surface area contributed by atoms with Gasteiger partial charge in [-0.3, -0.25) is 9.59 Å². The number of likely N-dealkylation sites (tertiary alicyclic amines) is 1. The molecule has 1 aromatic rings. The molecule has 0 unspecified atom stereocenters. The van der Waals surface area contributed by atoms with Gasteiger partial charge in [0, 0.05) is 36.9 Å². The molecule has 0 bridgehead atoms. The Labute approximate surface area is 151 Å². The first-order chi connectivity index (χ1) is 12.4. The van der Waals surface area contributed by atoms with Crippen molar-refractivity contribution in [2.75, 3.05) is 19.7 Å². The minimum Gasteiger partial charge on any atom is -0.465 e. The van der Waals surface area contributed by atoms with Crippen molar-refractivity contribution >= 4 is 11.9 Å². The number of rotatable bonds is 5. The highest BCUT2D eigenvalue weighted by Gasteiger charge is 2.53. The first-order valence-corrected chi connectivity index (χ1v) is 9.30. The van der Waals surface area contributed by atoms with Crippen molar-refractivity contribution in [3.63, 3.8) is 0 Å². The van der Waals surface area contributed by atoms with Crippen LogP contribution in [0.2, 0.25) is 0 Å². The van der Waals surface area contributed by atoms with Crippen molar-refractivity contribution in [2.45, 2.75) is 38.5 Å². The molecule has 0 radical (unpaired) electrons. The maximum Gasteiger partial charge on any atom is 0.306 e. The molecular formula is C20H23F2NO3. The van der Waals surface area contributed by atoms with Gasteiger partial charge in [-0.25, -0.2) is 8.78 Å². The summed E-state index contributed by atoms with van der Waals surface area (Å²) in [6, 6.07) is 3.78. The van der Waals surface area contributed by atoms with Crippen LogP contribution in [-0.4, -0.2) is 36.5 Å². The molecule has 2 heterocycles. The van der Waals surface area contributed by atoms with Crippen molar-refractivity contribution in [3.05, 3.63) is 35.4 Å². The summed E-state index contributed by atoms with van der Waals surface area (Å²) in [6.07, 6.45) is 4.25. The molecule has 26 heavy (non-hydrogen) atoms. The van der Waals surface area contributed by atoms with Crippen LogP contribution in [0.4, 0.5) is 8.78 Å². The third-order valence-corrected chi connectivity index (χ3v) is 6.07. The summed E-state index contributed by atoms with van der Waals surface area (Å²) in [5.74, 6) is -0.426. The van der Waals surface area contributed by atoms with Gasteiger partial charge in [-0.1, -0.05) is 6.07 Å². The number of carbonyl (C=O) groups excluding carboxylic acids is 2. The molecule has 0 aromatic heterocycles. The molecule has 140 valence electrons. The molecular weight excluding hydrogens is 340 g/mol. The van der Waals surface area contributed by atoms with Gasteiger partial charge in [0.2, 0.25) is 5.91 Å². The van der Waals surface area contributed by atoms with Crippen molar-refractivity contribution in [1.82, 2.24) is 4.90 Å². The molecule has 0 N–H and O–H groups in total. The van der Waals surface area contributed by atoms with Crippen LogP contribution < -0.4 is 0 Å². The Morgan fingerprint density at radius 3 is 2.65 bits per heavy atom. The number of cyclic esters (lactones) is 1. The first-order valence-electron chi connectivity index (χ1n) is 9.30. The van der Waals surface area contributed by atoms with E-state index in [2.05, 4.69) is 0 Å². The fourth-order valence-electron chi connectivity index (χ4n) is 4.74. The zero-order valence-electron chi connectivity index (χ0n) is 14.7. The number of amides is 1. The summed E-state index contributed by atoms with van der Waals surface area (Å²) in [4.78, 5) is 25.2. The number of hydrogen-bond donors (Lipinski definition) is 0. The number of nitrogens with zero attached hydrogens (tertiary/aromatic N) is 1. The minimum absolute atomic E-state index is 0.156. The zero-order chi connectivity index (χ0) is 18.3. The Hall–Kier alpha value is -1.98. The minimum atomic E-state index is -0.544. The van der Waals surface area contributed by atoms with Gasteiger partial charge in [0.15, 0.2) is 0 Å². The summed E-state index contributed by atoms with van der Waals surface area (Å²) >= 11 is 0. The second-order valence-corrected chi connectivity index (χ2v) is 8.26. The lowest BCUT2D eigenvalue weighted by molar-refractivity contribution is -0.155. The van der Waals surface area contributed by atoms with Gasteiger partial charge < -0.3 is 9.64 Å². The number of halogens is 2. The third-order valence-electron chi connectivity index (χ3n) is 6.07. The molecule has 1 aromatic carbocycles. The molecule has 4 rings (SSSR count). The number of esters is 1. The first kappa shape index (κ1) is 17.4. The van der Waals surface area contributed by atoms with Crippen LogP contribution in [0.25, 0.3) is 0 Å². The summed E-state index contributed by atoms with van der Waals surface area (Å²) in [7, 11) is 0. The molecule has 3 fully saturated rings. The normalized spacial score (nSPS) is 24.3. The van der Waals surface area contributed by atoms with Crippen molar-refractivity contribution in [3.8, 4) is 0 Å². The van der Waals surface area contributed by atoms with Gasteiger partial charge in [0.25, 0.3) is 0 Å². The topological polar surface area (TPSA) is 46.6 Å². The summed E-state index contributed by atoms with van der Waals surface area (Å²) in [5.41, 5.74) is 0.787. The van der Waals surface area contributed by atoms with Gasteiger partial charge in [0.1, 0.15) is 11.6 Å². The van der Waals surface area contributed by atoms with E-state index in [4.69, 9.17) is 4.74 Å². The predicted molar refractivity (Wildman–Crippen MR) is 90.1 cm³/mol. The lowest BCUT2D eigenvalue weighted by Crippen LogP contribution is -2.63. The lowest BCUT2D eigenvalue weighted by Gasteiger charge is -2.59. The van der Waals surface area contributed by atoms with Crippen LogP contribution in [0.5, 0.6) is 0 Å². The third kappa shape index (κ3) is 3.46. The Morgan fingerprint density at radius 1 is 1.23 bits per heavy atom. The summed E-state index contributed by atoms with van der Waals surface area (Å²) < 4.78 is 31.6. The largest absolute Gasteiger partial charge is 0.465 e. The summed E-state index contributed by atoms with van der Waals surface area (Å²) in [6.45, 7) is 2.01. The predicted octanol–water partition coefficient (Wildman–Crippen LogP) is 3.09. The number of carbonyl (C=O) groups is 2. The molecule has 1 saturated carbocycles. The standard InChI is InChI=1S/C20H23F2NO3/c21-16-3-2-15(17(22)7-16)5-14-8-20(9-14)11-23(12-20)18(24)4-1-13-6-19(25)26-10-13/h2-3,7,13-14H,1,4-6,8-12H2/t13-/m0/s1. The highest BCUT2D eigenvalue weighted by atomic mass is 19.1. The Balaban J connectivity index is 1.18. The van der Waals surface area contributed by atoms with E-state index in [1.165, 1.54) is 12.1 Å². The number of ether oxygens (including phenoxy) is 1. The zero-order valence-corrected chi connectivity index (χ0v) is 14.7. The van der Waals surface area contributed by atoms with E-state index in [1.54, 1.807) is 0 Å². The molecule has 6 heteroatoms. The number of benzene rings is 1. The molecule has 1 aliphatic carbocycles. The van der Waals surface area contributed by atoms with Crippen LogP contribution >= 0.6 is 0 Å². The molecule has 1 amide bonds. The van der Waals surface area contributed by atoms with Crippen molar-refractivity contribution in [2.24, 2.45) is 17.3 Å². The van der Waals surface area contributed by atoms with Crippen LogP contribution in [0, 0.1) is 28.9 Å². The maximum absolute atomic E-state index is 13.7. The second kappa shape index (κ2) is 6.63. The van der Waals surface area contributed by atoms with Crippen molar-refractivity contribution < 1.29 is 23.1 Å². The number of hydrogen-bond acceptors (Lipinski definition) is 3. The van der Waals surface area contributed by atoms with Crippen LogP contribution in [-0.2, 0) is 20.7 Å². The van der Waals surface area contributed by atoms with Crippen LogP contribution in [0.3, 0.4) is 0 Å². The van der Waals surface area contributed by atoms with Gasteiger partial charge in [0.05, 0.1) is 13.0 Å². The maximum atomic E-state index is 13.7. The van der Waals surface area contributed by atoms with Gasteiger partial charge in [-0.15, -0.1) is 0 Å². The van der Waals surface area contributed by atoms with E-state index in [0.29, 0.717) is 43.8 Å². The molecule has 4 nitrogen and oxygen atoms in total.